The Morgan fingerprint density at radius 3 is 2.41 bits per heavy atom. The molecule has 22 heavy (non-hydrogen) atoms. The second-order valence-corrected chi connectivity index (χ2v) is 5.44. The normalized spacial score (nSPS) is 13.5. The molecule has 0 bridgehead atoms. The van der Waals surface area contributed by atoms with Crippen LogP contribution in [0, 0.1) is 11.6 Å². The van der Waals surface area contributed by atoms with Crippen LogP contribution in [-0.4, -0.2) is 34.5 Å². The van der Waals surface area contributed by atoms with Crippen LogP contribution in [0.3, 0.4) is 0 Å². The van der Waals surface area contributed by atoms with Gasteiger partial charge in [-0.05, 0) is 30.9 Å². The first-order valence-electron chi connectivity index (χ1n) is 7.22. The van der Waals surface area contributed by atoms with Gasteiger partial charge in [-0.3, -0.25) is 9.59 Å². The number of halogens is 2. The van der Waals surface area contributed by atoms with Crippen LogP contribution in [0.4, 0.5) is 8.78 Å². The van der Waals surface area contributed by atoms with Crippen molar-refractivity contribution in [3.05, 3.63) is 35.4 Å². The van der Waals surface area contributed by atoms with Crippen molar-refractivity contribution in [2.75, 3.05) is 6.54 Å². The van der Waals surface area contributed by atoms with Crippen LogP contribution in [0.15, 0.2) is 18.2 Å². The molecule has 0 radical (unpaired) electrons. The lowest BCUT2D eigenvalue weighted by Crippen LogP contribution is -2.42. The Balaban J connectivity index is 2.85. The molecule has 0 aliphatic rings. The first-order chi connectivity index (χ1) is 10.3. The maximum atomic E-state index is 13.7. The summed E-state index contributed by atoms with van der Waals surface area (Å²) in [5.74, 6) is -3.28. The summed E-state index contributed by atoms with van der Waals surface area (Å²) in [5.41, 5.74) is 0.245. The molecule has 0 fully saturated rings. The Bertz CT molecular complexity index is 548. The van der Waals surface area contributed by atoms with Gasteiger partial charge >= 0.3 is 5.97 Å². The van der Waals surface area contributed by atoms with Crippen molar-refractivity contribution < 1.29 is 23.5 Å². The fraction of sp³-hybridized carbons (Fsp3) is 0.500. The Labute approximate surface area is 128 Å². The molecule has 0 spiro atoms. The molecule has 0 saturated carbocycles. The average molecular weight is 313 g/mol. The zero-order chi connectivity index (χ0) is 16.9. The lowest BCUT2D eigenvalue weighted by Gasteiger charge is -2.28. The molecule has 0 aliphatic heterocycles. The number of benzene rings is 1. The first-order valence-corrected chi connectivity index (χ1v) is 7.22. The maximum Gasteiger partial charge on any atom is 0.323 e. The van der Waals surface area contributed by atoms with Crippen LogP contribution in [0.5, 0.6) is 0 Å². The summed E-state index contributed by atoms with van der Waals surface area (Å²) >= 11 is 0. The summed E-state index contributed by atoms with van der Waals surface area (Å²) in [6.07, 6.45) is 0.596. The summed E-state index contributed by atoms with van der Waals surface area (Å²) in [4.78, 5) is 24.5. The second kappa shape index (κ2) is 7.87. The van der Waals surface area contributed by atoms with E-state index in [0.29, 0.717) is 6.42 Å². The summed E-state index contributed by atoms with van der Waals surface area (Å²) in [7, 11) is 0. The Morgan fingerprint density at radius 1 is 1.27 bits per heavy atom. The van der Waals surface area contributed by atoms with Crippen molar-refractivity contribution in [3.63, 3.8) is 0 Å². The van der Waals surface area contributed by atoms with Gasteiger partial charge in [0.25, 0.3) is 0 Å². The van der Waals surface area contributed by atoms with Gasteiger partial charge in [-0.1, -0.05) is 19.9 Å². The highest BCUT2D eigenvalue weighted by Gasteiger charge is 2.24. The SMILES string of the molecule is CCC(C)N(CC(=O)O)C(=O)CC(C)c1ccc(F)cc1F. The van der Waals surface area contributed by atoms with E-state index in [2.05, 4.69) is 0 Å². The molecule has 2 unspecified atom stereocenters. The predicted octanol–water partition coefficient (Wildman–Crippen LogP) is 3.17. The van der Waals surface area contributed by atoms with E-state index >= 15 is 0 Å². The lowest BCUT2D eigenvalue weighted by molar-refractivity contribution is -0.146. The van der Waals surface area contributed by atoms with E-state index in [4.69, 9.17) is 5.11 Å². The van der Waals surface area contributed by atoms with Gasteiger partial charge < -0.3 is 10.0 Å². The summed E-state index contributed by atoms with van der Waals surface area (Å²) in [6, 6.07) is 3.02. The van der Waals surface area contributed by atoms with E-state index < -0.39 is 23.5 Å². The second-order valence-electron chi connectivity index (χ2n) is 5.44. The fourth-order valence-electron chi connectivity index (χ4n) is 2.25. The van der Waals surface area contributed by atoms with Gasteiger partial charge in [-0.25, -0.2) is 8.78 Å². The molecule has 1 N–H and O–H groups in total. The van der Waals surface area contributed by atoms with Gasteiger partial charge in [0.05, 0.1) is 0 Å². The lowest BCUT2D eigenvalue weighted by atomic mass is 9.96. The van der Waals surface area contributed by atoms with Crippen molar-refractivity contribution >= 4 is 11.9 Å². The molecule has 0 aliphatic carbocycles. The van der Waals surface area contributed by atoms with E-state index in [1.165, 1.54) is 11.0 Å². The van der Waals surface area contributed by atoms with Gasteiger partial charge in [-0.2, -0.15) is 0 Å². The van der Waals surface area contributed by atoms with Crippen molar-refractivity contribution in [3.8, 4) is 0 Å². The highest BCUT2D eigenvalue weighted by molar-refractivity contribution is 5.82. The minimum atomic E-state index is -1.09. The predicted molar refractivity (Wildman–Crippen MR) is 78.5 cm³/mol. The number of hydrogen-bond donors (Lipinski definition) is 1. The molecule has 1 aromatic carbocycles. The first kappa shape index (κ1) is 18.1. The number of carboxylic acids is 1. The van der Waals surface area contributed by atoms with E-state index in [1.54, 1.807) is 13.8 Å². The molecular formula is C16H21F2NO3. The van der Waals surface area contributed by atoms with Crippen LogP contribution in [-0.2, 0) is 9.59 Å². The molecule has 1 rings (SSSR count). The number of carbonyl (C=O) groups is 2. The topological polar surface area (TPSA) is 57.6 Å². The van der Waals surface area contributed by atoms with Crippen molar-refractivity contribution in [2.45, 2.75) is 45.6 Å². The number of nitrogens with zero attached hydrogens (tertiary/aromatic N) is 1. The molecule has 0 saturated heterocycles. The molecule has 6 heteroatoms. The van der Waals surface area contributed by atoms with Crippen molar-refractivity contribution in [1.82, 2.24) is 4.90 Å². The Kier molecular flexibility index (Phi) is 6.46. The molecule has 122 valence electrons. The Morgan fingerprint density at radius 2 is 1.91 bits per heavy atom. The third-order valence-corrected chi connectivity index (χ3v) is 3.72. The maximum absolute atomic E-state index is 13.7. The van der Waals surface area contributed by atoms with E-state index in [-0.39, 0.29) is 30.5 Å². The molecular weight excluding hydrogens is 292 g/mol. The molecule has 1 aromatic rings. The van der Waals surface area contributed by atoms with Gasteiger partial charge in [0.15, 0.2) is 0 Å². The quantitative estimate of drug-likeness (QED) is 0.841. The zero-order valence-electron chi connectivity index (χ0n) is 13.0. The minimum Gasteiger partial charge on any atom is -0.480 e. The molecule has 4 nitrogen and oxygen atoms in total. The fourth-order valence-corrected chi connectivity index (χ4v) is 2.25. The summed E-state index contributed by atoms with van der Waals surface area (Å²) in [5, 5.41) is 8.91. The number of rotatable bonds is 7. The minimum absolute atomic E-state index is 0.0276. The number of carboxylic acid groups (broad SMARTS) is 1. The molecule has 0 heterocycles. The molecule has 1 amide bonds. The number of carbonyl (C=O) groups excluding carboxylic acids is 1. The zero-order valence-corrected chi connectivity index (χ0v) is 13.0. The van der Waals surface area contributed by atoms with Gasteiger partial charge in [0, 0.05) is 18.5 Å². The summed E-state index contributed by atoms with van der Waals surface area (Å²) < 4.78 is 26.6. The van der Waals surface area contributed by atoms with E-state index in [1.807, 2.05) is 6.92 Å². The highest BCUT2D eigenvalue weighted by Crippen LogP contribution is 2.24. The largest absolute Gasteiger partial charge is 0.480 e. The smallest absolute Gasteiger partial charge is 0.323 e. The van der Waals surface area contributed by atoms with E-state index in [0.717, 1.165) is 12.1 Å². The number of aliphatic carboxylic acids is 1. The van der Waals surface area contributed by atoms with Crippen molar-refractivity contribution in [2.24, 2.45) is 0 Å². The van der Waals surface area contributed by atoms with Gasteiger partial charge in [-0.15, -0.1) is 0 Å². The van der Waals surface area contributed by atoms with Crippen LogP contribution in [0.2, 0.25) is 0 Å². The van der Waals surface area contributed by atoms with Crippen molar-refractivity contribution in [1.29, 1.82) is 0 Å². The molecule has 0 aromatic heterocycles. The molecule has 2 atom stereocenters. The van der Waals surface area contributed by atoms with Crippen LogP contribution < -0.4 is 0 Å². The average Bonchev–Trinajstić information content (AvgIpc) is 2.43. The number of amides is 1. The van der Waals surface area contributed by atoms with Crippen LogP contribution in [0.25, 0.3) is 0 Å². The van der Waals surface area contributed by atoms with Gasteiger partial charge in [0.1, 0.15) is 18.2 Å². The monoisotopic (exact) mass is 313 g/mol. The number of hydrogen-bond acceptors (Lipinski definition) is 2. The van der Waals surface area contributed by atoms with Crippen LogP contribution >= 0.6 is 0 Å². The Hall–Kier alpha value is -1.98. The van der Waals surface area contributed by atoms with Gasteiger partial charge in [0.2, 0.25) is 5.91 Å². The highest BCUT2D eigenvalue weighted by atomic mass is 19.1. The van der Waals surface area contributed by atoms with Crippen LogP contribution in [0.1, 0.15) is 45.1 Å². The third-order valence-electron chi connectivity index (χ3n) is 3.72. The standard InChI is InChI=1S/C16H21F2NO3/c1-4-11(3)19(9-16(21)22)15(20)7-10(2)13-6-5-12(17)8-14(13)18/h5-6,8,10-11H,4,7,9H2,1-3H3,(H,21,22). The third kappa shape index (κ3) is 4.79. The summed E-state index contributed by atoms with van der Waals surface area (Å²) in [6.45, 7) is 4.90. The van der Waals surface area contributed by atoms with E-state index in [9.17, 15) is 18.4 Å².